The summed E-state index contributed by atoms with van der Waals surface area (Å²) in [5.41, 5.74) is -2.29. The molecule has 2 N–H and O–H groups in total. The van der Waals surface area contributed by atoms with Gasteiger partial charge in [0, 0.05) is 25.3 Å². The topological polar surface area (TPSA) is 97.6 Å². The first-order valence-electron chi connectivity index (χ1n) is 10.3. The largest absolute Gasteiger partial charge is 0.503 e. The number of ketones is 1. The number of nitrogens with zero attached hydrogens (tertiary/aromatic N) is 1. The third-order valence-electron chi connectivity index (χ3n) is 6.45. The van der Waals surface area contributed by atoms with Gasteiger partial charge < -0.3 is 19.7 Å². The summed E-state index contributed by atoms with van der Waals surface area (Å²) >= 11 is 0. The quantitative estimate of drug-likeness (QED) is 0.762. The molecule has 2 unspecified atom stereocenters. The number of hydrogen-bond donors (Lipinski definition) is 2. The Kier molecular flexibility index (Phi) is 5.55. The van der Waals surface area contributed by atoms with Gasteiger partial charge in [-0.2, -0.15) is 0 Å². The third-order valence-corrected chi connectivity index (χ3v) is 6.45. The van der Waals surface area contributed by atoms with Crippen molar-refractivity contribution in [3.63, 3.8) is 0 Å². The number of carbonyl (C=O) groups excluding carboxylic acids is 2. The minimum Gasteiger partial charge on any atom is -0.503 e. The molecule has 3 aliphatic rings. The van der Waals surface area contributed by atoms with Crippen LogP contribution in [0.4, 0.5) is 8.78 Å². The number of carbonyl (C=O) groups is 2. The van der Waals surface area contributed by atoms with Gasteiger partial charge in [-0.3, -0.25) is 14.4 Å². The van der Waals surface area contributed by atoms with Crippen molar-refractivity contribution in [3.05, 3.63) is 51.7 Å². The van der Waals surface area contributed by atoms with Crippen LogP contribution in [-0.4, -0.2) is 46.8 Å². The first-order valence-corrected chi connectivity index (χ1v) is 10.3. The summed E-state index contributed by atoms with van der Waals surface area (Å²) in [5.74, 6) is -3.43. The number of nitrogens with one attached hydrogen (secondary N) is 1. The van der Waals surface area contributed by atoms with Crippen molar-refractivity contribution < 1.29 is 28.2 Å². The minimum absolute atomic E-state index is 0.120. The fourth-order valence-corrected chi connectivity index (χ4v) is 4.46. The van der Waals surface area contributed by atoms with Crippen molar-refractivity contribution in [2.75, 3.05) is 13.2 Å². The van der Waals surface area contributed by atoms with Gasteiger partial charge in [0.1, 0.15) is 23.3 Å². The van der Waals surface area contributed by atoms with E-state index in [9.17, 15) is 28.3 Å². The summed E-state index contributed by atoms with van der Waals surface area (Å²) in [7, 11) is 0. The van der Waals surface area contributed by atoms with Crippen LogP contribution in [0.1, 0.15) is 47.0 Å². The van der Waals surface area contributed by atoms with Crippen LogP contribution in [0.3, 0.4) is 0 Å². The molecule has 1 aromatic heterocycles. The normalized spacial score (nSPS) is 30.1. The van der Waals surface area contributed by atoms with Crippen molar-refractivity contribution >= 4 is 11.7 Å². The molecule has 1 fully saturated rings. The number of rotatable bonds is 3. The van der Waals surface area contributed by atoms with Crippen molar-refractivity contribution in [1.82, 2.24) is 9.88 Å². The number of pyridine rings is 1. The second-order valence-electron chi connectivity index (χ2n) is 8.51. The zero-order valence-corrected chi connectivity index (χ0v) is 17.1. The molecule has 1 aliphatic carbocycles. The first-order chi connectivity index (χ1) is 14.7. The van der Waals surface area contributed by atoms with E-state index in [-0.39, 0.29) is 30.1 Å². The third kappa shape index (κ3) is 3.71. The minimum atomic E-state index is -1.61. The average molecular weight is 434 g/mol. The van der Waals surface area contributed by atoms with E-state index in [1.165, 1.54) is 16.8 Å². The summed E-state index contributed by atoms with van der Waals surface area (Å²) in [6.45, 7) is 2.34. The lowest BCUT2D eigenvalue weighted by atomic mass is 9.72. The molecule has 1 aromatic rings. The number of aromatic hydroxyl groups is 1. The SMILES string of the molecule is C[C@]12CCCCO[C@@H]1Cn1cc(C(=O)NCC3C=CC(F)=CC3F)c(=O)c(O)c1C2=O. The van der Waals surface area contributed by atoms with Crippen LogP contribution in [0, 0.1) is 11.3 Å². The van der Waals surface area contributed by atoms with E-state index in [1.54, 1.807) is 6.92 Å². The molecule has 4 rings (SSSR count). The molecule has 4 atom stereocenters. The molecule has 1 saturated heterocycles. The van der Waals surface area contributed by atoms with Crippen LogP contribution in [0.15, 0.2) is 35.0 Å². The van der Waals surface area contributed by atoms with E-state index in [2.05, 4.69) is 5.32 Å². The Morgan fingerprint density at radius 3 is 2.90 bits per heavy atom. The number of alkyl halides is 1. The highest BCUT2D eigenvalue weighted by Crippen LogP contribution is 2.42. The van der Waals surface area contributed by atoms with E-state index in [4.69, 9.17) is 4.74 Å². The standard InChI is InChI=1S/C22H24F2N2O5/c1-22-6-2-3-7-31-16(22)11-26-10-14(18(27)19(28)17(26)20(22)29)21(30)25-9-12-4-5-13(23)8-15(12)24/h4-5,8,10,12,15-16,28H,2-3,6-7,9,11H2,1H3,(H,25,30)/t12?,15?,16-,22+/m1/s1. The molecular weight excluding hydrogens is 410 g/mol. The molecule has 0 saturated carbocycles. The van der Waals surface area contributed by atoms with Gasteiger partial charge in [-0.1, -0.05) is 12.5 Å². The smallest absolute Gasteiger partial charge is 0.256 e. The highest BCUT2D eigenvalue weighted by Gasteiger charge is 2.49. The lowest BCUT2D eigenvalue weighted by Gasteiger charge is -2.40. The Hall–Kier alpha value is -2.81. The van der Waals surface area contributed by atoms with Crippen LogP contribution in [0.25, 0.3) is 0 Å². The van der Waals surface area contributed by atoms with Crippen molar-refractivity contribution in [3.8, 4) is 5.75 Å². The van der Waals surface area contributed by atoms with Crippen LogP contribution in [0.2, 0.25) is 0 Å². The Labute approximate surface area is 177 Å². The number of aromatic nitrogens is 1. The summed E-state index contributed by atoms with van der Waals surface area (Å²) < 4.78 is 34.2. The molecule has 166 valence electrons. The fraction of sp³-hybridized carbons (Fsp3) is 0.500. The van der Waals surface area contributed by atoms with Gasteiger partial charge >= 0.3 is 0 Å². The summed E-state index contributed by atoms with van der Waals surface area (Å²) in [5, 5.41) is 13.0. The maximum atomic E-state index is 13.9. The van der Waals surface area contributed by atoms with E-state index in [0.29, 0.717) is 13.0 Å². The number of hydrogen-bond acceptors (Lipinski definition) is 5. The van der Waals surface area contributed by atoms with Crippen LogP contribution < -0.4 is 10.7 Å². The summed E-state index contributed by atoms with van der Waals surface area (Å²) in [6, 6.07) is 0. The Bertz CT molecular complexity index is 1050. The molecule has 2 aliphatic heterocycles. The summed E-state index contributed by atoms with van der Waals surface area (Å²) in [4.78, 5) is 38.5. The molecule has 0 aromatic carbocycles. The Morgan fingerprint density at radius 2 is 2.16 bits per heavy atom. The van der Waals surface area contributed by atoms with Crippen molar-refractivity contribution in [2.45, 2.75) is 45.0 Å². The second kappa shape index (κ2) is 8.03. The van der Waals surface area contributed by atoms with E-state index in [0.717, 1.165) is 25.0 Å². The molecule has 0 spiro atoms. The van der Waals surface area contributed by atoms with Crippen LogP contribution in [0.5, 0.6) is 5.75 Å². The second-order valence-corrected chi connectivity index (χ2v) is 8.51. The van der Waals surface area contributed by atoms with E-state index < -0.39 is 46.5 Å². The monoisotopic (exact) mass is 434 g/mol. The van der Waals surface area contributed by atoms with Gasteiger partial charge in [0.15, 0.2) is 11.5 Å². The van der Waals surface area contributed by atoms with Crippen LogP contribution in [-0.2, 0) is 11.3 Å². The van der Waals surface area contributed by atoms with E-state index in [1.807, 2.05) is 0 Å². The van der Waals surface area contributed by atoms with Crippen molar-refractivity contribution in [1.29, 1.82) is 0 Å². The predicted molar refractivity (Wildman–Crippen MR) is 107 cm³/mol. The van der Waals surface area contributed by atoms with Gasteiger partial charge in [-0.25, -0.2) is 8.78 Å². The average Bonchev–Trinajstić information content (AvgIpc) is 2.92. The fourth-order valence-electron chi connectivity index (χ4n) is 4.46. The summed E-state index contributed by atoms with van der Waals surface area (Å²) in [6.07, 6.45) is 4.63. The molecule has 31 heavy (non-hydrogen) atoms. The van der Waals surface area contributed by atoms with Gasteiger partial charge in [-0.05, 0) is 31.9 Å². The Morgan fingerprint density at radius 1 is 1.39 bits per heavy atom. The van der Waals surface area contributed by atoms with Gasteiger partial charge in [0.25, 0.3) is 5.91 Å². The molecular formula is C22H24F2N2O5. The highest BCUT2D eigenvalue weighted by molar-refractivity contribution is 6.03. The Balaban J connectivity index is 1.60. The van der Waals surface area contributed by atoms with Gasteiger partial charge in [0.05, 0.1) is 18.1 Å². The first kappa shape index (κ1) is 21.4. The van der Waals surface area contributed by atoms with Crippen molar-refractivity contribution in [2.24, 2.45) is 11.3 Å². The zero-order chi connectivity index (χ0) is 22.3. The maximum Gasteiger partial charge on any atom is 0.256 e. The predicted octanol–water partition coefficient (Wildman–Crippen LogP) is 2.43. The lowest BCUT2D eigenvalue weighted by Crippen LogP contribution is -2.49. The number of ether oxygens (including phenoxy) is 1. The number of allylic oxidation sites excluding steroid dienone is 3. The molecule has 0 bridgehead atoms. The number of amides is 1. The molecule has 7 nitrogen and oxygen atoms in total. The van der Waals surface area contributed by atoms with Crippen LogP contribution >= 0.6 is 0 Å². The molecule has 1 amide bonds. The number of halogens is 2. The van der Waals surface area contributed by atoms with Gasteiger partial charge in [0.2, 0.25) is 5.43 Å². The lowest BCUT2D eigenvalue weighted by molar-refractivity contribution is -0.0284. The van der Waals surface area contributed by atoms with Gasteiger partial charge in [-0.15, -0.1) is 0 Å². The highest BCUT2D eigenvalue weighted by atomic mass is 19.1. The zero-order valence-electron chi connectivity index (χ0n) is 17.1. The molecule has 3 heterocycles. The molecule has 9 heteroatoms. The number of fused-ring (bicyclic) bond motifs is 2. The molecule has 0 radical (unpaired) electrons. The number of Topliss-reactive ketones (excluding diaryl/α,β-unsaturated/α-hetero) is 1. The maximum absolute atomic E-state index is 13.9. The van der Waals surface area contributed by atoms with E-state index >= 15 is 0 Å².